The summed E-state index contributed by atoms with van der Waals surface area (Å²) in [5, 5.41) is 1.29. The predicted molar refractivity (Wildman–Crippen MR) is 63.0 cm³/mol. The molecule has 0 N–H and O–H groups in total. The van der Waals surface area contributed by atoms with E-state index in [9.17, 15) is 0 Å². The normalized spacial score (nSPS) is 10.2. The largest absolute Gasteiger partial charge is 0.259 e. The lowest BCUT2D eigenvalue weighted by molar-refractivity contribution is 1.05. The quantitative estimate of drug-likeness (QED) is 0.764. The highest BCUT2D eigenvalue weighted by Crippen LogP contribution is 2.20. The van der Waals surface area contributed by atoms with Gasteiger partial charge in [-0.15, -0.1) is 11.8 Å². The number of benzene rings is 1. The molecule has 0 aliphatic heterocycles. The van der Waals surface area contributed by atoms with E-state index in [0.717, 1.165) is 10.8 Å². The maximum absolute atomic E-state index is 5.74. The zero-order chi connectivity index (χ0) is 10.5. The number of hydrogen-bond donors (Lipinski definition) is 0. The van der Waals surface area contributed by atoms with Crippen LogP contribution in [0.2, 0.25) is 5.15 Å². The summed E-state index contributed by atoms with van der Waals surface area (Å²) in [5.41, 5.74) is 1.27. The van der Waals surface area contributed by atoms with E-state index in [2.05, 4.69) is 22.1 Å². The molecule has 0 aliphatic rings. The van der Waals surface area contributed by atoms with Crippen LogP contribution >= 0.6 is 23.4 Å². The van der Waals surface area contributed by atoms with Crippen LogP contribution in [0.3, 0.4) is 0 Å². The molecule has 0 aliphatic carbocycles. The molecule has 1 heterocycles. The number of thioether (sulfide) groups is 1. The minimum atomic E-state index is 0.438. The first-order valence-corrected chi connectivity index (χ1v) is 5.85. The van der Waals surface area contributed by atoms with Crippen molar-refractivity contribution >= 4 is 23.4 Å². The molecular formula is C11H9ClN2S. The summed E-state index contributed by atoms with van der Waals surface area (Å²) in [6.07, 6.45) is 3.26. The van der Waals surface area contributed by atoms with E-state index in [0.29, 0.717) is 5.15 Å². The predicted octanol–water partition coefficient (Wildman–Crippen LogP) is 3.42. The lowest BCUT2D eigenvalue weighted by Crippen LogP contribution is -1.85. The summed E-state index contributed by atoms with van der Waals surface area (Å²) in [6.45, 7) is 0. The van der Waals surface area contributed by atoms with Crippen LogP contribution in [0.4, 0.5) is 0 Å². The third-order valence-electron chi connectivity index (χ3n) is 1.81. The minimum Gasteiger partial charge on any atom is -0.259 e. The molecular weight excluding hydrogens is 228 g/mol. The Morgan fingerprint density at radius 3 is 2.67 bits per heavy atom. The minimum absolute atomic E-state index is 0.438. The van der Waals surface area contributed by atoms with E-state index in [1.54, 1.807) is 18.0 Å². The second kappa shape index (κ2) is 5.14. The molecule has 0 bridgehead atoms. The van der Waals surface area contributed by atoms with Crippen LogP contribution in [-0.2, 0) is 5.75 Å². The standard InChI is InChI=1S/C11H9ClN2S/c12-10-6-13-7-11(14-10)15-8-9-4-2-1-3-5-9/h1-7H,8H2. The van der Waals surface area contributed by atoms with Gasteiger partial charge in [0, 0.05) is 5.75 Å². The topological polar surface area (TPSA) is 25.8 Å². The van der Waals surface area contributed by atoms with Crippen LogP contribution in [0, 0.1) is 0 Å². The Morgan fingerprint density at radius 1 is 1.13 bits per heavy atom. The number of rotatable bonds is 3. The van der Waals surface area contributed by atoms with Gasteiger partial charge < -0.3 is 0 Å². The summed E-state index contributed by atoms with van der Waals surface area (Å²) in [5.74, 6) is 0.885. The van der Waals surface area contributed by atoms with Crippen LogP contribution in [0.5, 0.6) is 0 Å². The Morgan fingerprint density at radius 2 is 1.93 bits per heavy atom. The fraction of sp³-hybridized carbons (Fsp3) is 0.0909. The Kier molecular flexibility index (Phi) is 3.59. The van der Waals surface area contributed by atoms with Crippen molar-refractivity contribution in [2.45, 2.75) is 10.8 Å². The first-order valence-electron chi connectivity index (χ1n) is 4.49. The van der Waals surface area contributed by atoms with Crippen molar-refractivity contribution in [3.8, 4) is 0 Å². The third-order valence-corrected chi connectivity index (χ3v) is 2.96. The van der Waals surface area contributed by atoms with Gasteiger partial charge in [0.05, 0.1) is 12.4 Å². The van der Waals surface area contributed by atoms with Crippen LogP contribution in [-0.4, -0.2) is 9.97 Å². The molecule has 0 fully saturated rings. The van der Waals surface area contributed by atoms with E-state index in [1.165, 1.54) is 11.8 Å². The molecule has 2 nitrogen and oxygen atoms in total. The lowest BCUT2D eigenvalue weighted by Gasteiger charge is -2.00. The van der Waals surface area contributed by atoms with Gasteiger partial charge in [0.25, 0.3) is 0 Å². The highest BCUT2D eigenvalue weighted by atomic mass is 35.5. The summed E-state index contributed by atoms with van der Waals surface area (Å²) in [6, 6.07) is 10.2. The van der Waals surface area contributed by atoms with Gasteiger partial charge >= 0.3 is 0 Å². The van der Waals surface area contributed by atoms with Crippen molar-refractivity contribution < 1.29 is 0 Å². The Labute approximate surface area is 97.7 Å². The third kappa shape index (κ3) is 3.22. The molecule has 4 heteroatoms. The van der Waals surface area contributed by atoms with Crippen molar-refractivity contribution in [1.82, 2.24) is 9.97 Å². The number of nitrogens with zero attached hydrogens (tertiary/aromatic N) is 2. The van der Waals surface area contributed by atoms with Crippen LogP contribution < -0.4 is 0 Å². The second-order valence-corrected chi connectivity index (χ2v) is 4.34. The molecule has 0 saturated heterocycles. The fourth-order valence-corrected chi connectivity index (χ4v) is 2.13. The average Bonchev–Trinajstić information content (AvgIpc) is 2.28. The zero-order valence-corrected chi connectivity index (χ0v) is 9.50. The van der Waals surface area contributed by atoms with E-state index in [1.807, 2.05) is 18.2 Å². The zero-order valence-electron chi connectivity index (χ0n) is 7.93. The average molecular weight is 237 g/mol. The van der Waals surface area contributed by atoms with E-state index in [4.69, 9.17) is 11.6 Å². The maximum Gasteiger partial charge on any atom is 0.148 e. The molecule has 0 spiro atoms. The summed E-state index contributed by atoms with van der Waals surface area (Å²) >= 11 is 7.37. The molecule has 1 aromatic heterocycles. The Balaban J connectivity index is 1.99. The molecule has 1 aromatic carbocycles. The Hall–Kier alpha value is -1.06. The van der Waals surface area contributed by atoms with Gasteiger partial charge in [-0.1, -0.05) is 41.9 Å². The lowest BCUT2D eigenvalue weighted by atomic mass is 10.2. The summed E-state index contributed by atoms with van der Waals surface area (Å²) < 4.78 is 0. The Bertz CT molecular complexity index is 434. The first kappa shape index (κ1) is 10.5. The van der Waals surface area contributed by atoms with Gasteiger partial charge in [-0.3, -0.25) is 4.98 Å². The molecule has 0 atom stereocenters. The highest BCUT2D eigenvalue weighted by molar-refractivity contribution is 7.98. The molecule has 0 radical (unpaired) electrons. The number of hydrogen-bond acceptors (Lipinski definition) is 3. The van der Waals surface area contributed by atoms with E-state index in [-0.39, 0.29) is 0 Å². The molecule has 0 unspecified atom stereocenters. The number of aromatic nitrogens is 2. The molecule has 0 amide bonds. The van der Waals surface area contributed by atoms with Gasteiger partial charge in [0.15, 0.2) is 0 Å². The van der Waals surface area contributed by atoms with Gasteiger partial charge in [-0.05, 0) is 5.56 Å². The molecule has 2 rings (SSSR count). The van der Waals surface area contributed by atoms with Crippen molar-refractivity contribution in [3.63, 3.8) is 0 Å². The molecule has 0 saturated carbocycles. The smallest absolute Gasteiger partial charge is 0.148 e. The first-order chi connectivity index (χ1) is 7.34. The molecule has 2 aromatic rings. The van der Waals surface area contributed by atoms with Gasteiger partial charge in [-0.25, -0.2) is 4.98 Å². The van der Waals surface area contributed by atoms with Gasteiger partial charge in [0.2, 0.25) is 0 Å². The highest BCUT2D eigenvalue weighted by Gasteiger charge is 1.98. The van der Waals surface area contributed by atoms with Crippen LogP contribution in [0.25, 0.3) is 0 Å². The maximum atomic E-state index is 5.74. The van der Waals surface area contributed by atoms with Crippen molar-refractivity contribution in [1.29, 1.82) is 0 Å². The molecule has 76 valence electrons. The SMILES string of the molecule is Clc1cncc(SCc2ccccc2)n1. The van der Waals surface area contributed by atoms with E-state index < -0.39 is 0 Å². The summed E-state index contributed by atoms with van der Waals surface area (Å²) in [7, 11) is 0. The number of halogens is 1. The summed E-state index contributed by atoms with van der Waals surface area (Å²) in [4.78, 5) is 8.14. The van der Waals surface area contributed by atoms with Crippen molar-refractivity contribution in [2.24, 2.45) is 0 Å². The monoisotopic (exact) mass is 236 g/mol. The van der Waals surface area contributed by atoms with Gasteiger partial charge in [-0.2, -0.15) is 0 Å². The van der Waals surface area contributed by atoms with E-state index >= 15 is 0 Å². The van der Waals surface area contributed by atoms with Crippen molar-refractivity contribution in [2.75, 3.05) is 0 Å². The van der Waals surface area contributed by atoms with Crippen molar-refractivity contribution in [3.05, 3.63) is 53.4 Å². The second-order valence-electron chi connectivity index (χ2n) is 2.95. The van der Waals surface area contributed by atoms with Gasteiger partial charge in [0.1, 0.15) is 10.2 Å². The fourth-order valence-electron chi connectivity index (χ4n) is 1.13. The van der Waals surface area contributed by atoms with Crippen LogP contribution in [0.15, 0.2) is 47.8 Å². The molecule has 15 heavy (non-hydrogen) atoms. The van der Waals surface area contributed by atoms with Crippen LogP contribution in [0.1, 0.15) is 5.56 Å².